The van der Waals surface area contributed by atoms with E-state index in [0.717, 1.165) is 43.3 Å². The Morgan fingerprint density at radius 1 is 1.00 bits per heavy atom. The molecule has 0 aliphatic heterocycles. The lowest BCUT2D eigenvalue weighted by Crippen LogP contribution is -2.10. The molecule has 0 amide bonds. The molecule has 3 aromatic heterocycles. The number of aryl methyl sites for hydroxylation is 1. The van der Waals surface area contributed by atoms with E-state index in [-0.39, 0.29) is 0 Å². The number of nitrogens with one attached hydrogen (secondary N) is 1. The van der Waals surface area contributed by atoms with Crippen LogP contribution < -0.4 is 14.8 Å². The number of imidazole rings is 1. The third kappa shape index (κ3) is 4.98. The van der Waals surface area contributed by atoms with E-state index in [1.165, 1.54) is 0 Å². The fourth-order valence-electron chi connectivity index (χ4n) is 4.07. The third-order valence-corrected chi connectivity index (χ3v) is 7.33. The average molecular weight is 536 g/mol. The summed E-state index contributed by atoms with van der Waals surface area (Å²) in [5.74, 6) is 2.74. The number of benzene rings is 2. The summed E-state index contributed by atoms with van der Waals surface area (Å²) in [4.78, 5) is 16.1. The van der Waals surface area contributed by atoms with Gasteiger partial charge in [0.25, 0.3) is 0 Å². The minimum atomic E-state index is 0.529. The number of halogens is 1. The second-order valence-corrected chi connectivity index (χ2v) is 9.71. The normalized spacial score (nSPS) is 11.2. The number of methoxy groups -OCH3 is 3. The number of ether oxygens (including phenoxy) is 3. The second kappa shape index (κ2) is 10.8. The van der Waals surface area contributed by atoms with Gasteiger partial charge in [-0.2, -0.15) is 0 Å². The summed E-state index contributed by atoms with van der Waals surface area (Å²) in [5, 5.41) is 4.98. The zero-order chi connectivity index (χ0) is 25.9. The van der Waals surface area contributed by atoms with Crippen molar-refractivity contribution >= 4 is 39.0 Å². The van der Waals surface area contributed by atoms with Crippen molar-refractivity contribution in [2.45, 2.75) is 0 Å². The van der Waals surface area contributed by atoms with E-state index in [4.69, 9.17) is 35.8 Å². The molecule has 0 radical (unpaired) electrons. The Morgan fingerprint density at radius 2 is 1.76 bits per heavy atom. The van der Waals surface area contributed by atoms with Gasteiger partial charge >= 0.3 is 0 Å². The number of thiophene rings is 1. The second-order valence-electron chi connectivity index (χ2n) is 8.30. The van der Waals surface area contributed by atoms with Crippen LogP contribution in [0, 0.1) is 0 Å². The van der Waals surface area contributed by atoms with E-state index in [1.807, 2.05) is 60.3 Å². The van der Waals surface area contributed by atoms with Gasteiger partial charge in [-0.1, -0.05) is 23.7 Å². The van der Waals surface area contributed by atoms with Gasteiger partial charge in [0.15, 0.2) is 5.82 Å². The van der Waals surface area contributed by atoms with Gasteiger partial charge in [-0.3, -0.25) is 0 Å². The maximum atomic E-state index is 6.74. The summed E-state index contributed by atoms with van der Waals surface area (Å²) >= 11 is 8.30. The van der Waals surface area contributed by atoms with E-state index in [0.29, 0.717) is 35.5 Å². The highest BCUT2D eigenvalue weighted by Gasteiger charge is 2.24. The van der Waals surface area contributed by atoms with Gasteiger partial charge < -0.3 is 24.1 Å². The number of nitrogens with zero attached hydrogens (tertiary/aromatic N) is 4. The first-order valence-corrected chi connectivity index (χ1v) is 12.8. The molecular formula is C27H26ClN5O3S. The van der Waals surface area contributed by atoms with Crippen molar-refractivity contribution in [3.8, 4) is 44.6 Å². The predicted octanol–water partition coefficient (Wildman–Crippen LogP) is 6.15. The fourth-order valence-corrected chi connectivity index (χ4v) is 5.57. The molecule has 0 saturated heterocycles. The highest BCUT2D eigenvalue weighted by atomic mass is 35.5. The molecule has 2 aromatic carbocycles. The summed E-state index contributed by atoms with van der Waals surface area (Å²) < 4.78 is 18.1. The first-order valence-electron chi connectivity index (χ1n) is 11.6. The molecule has 5 aromatic rings. The molecular weight excluding hydrogens is 510 g/mol. The lowest BCUT2D eigenvalue weighted by molar-refractivity contribution is 0.210. The number of hydrogen-bond donors (Lipinski definition) is 1. The molecule has 5 rings (SSSR count). The molecule has 10 heteroatoms. The highest BCUT2D eigenvalue weighted by molar-refractivity contribution is 7.22. The lowest BCUT2D eigenvalue weighted by Gasteiger charge is -2.12. The van der Waals surface area contributed by atoms with Crippen LogP contribution in [0.4, 0.5) is 5.82 Å². The van der Waals surface area contributed by atoms with E-state index < -0.39 is 0 Å². The van der Waals surface area contributed by atoms with Gasteiger partial charge in [0.2, 0.25) is 0 Å². The molecule has 3 heterocycles. The summed E-state index contributed by atoms with van der Waals surface area (Å²) in [6.07, 6.45) is 3.64. The first-order chi connectivity index (χ1) is 18.0. The molecule has 8 nitrogen and oxygen atoms in total. The molecule has 37 heavy (non-hydrogen) atoms. The number of hydrogen-bond acceptors (Lipinski definition) is 8. The average Bonchev–Trinajstić information content (AvgIpc) is 3.53. The maximum absolute atomic E-state index is 6.74. The van der Waals surface area contributed by atoms with Crippen LogP contribution in [-0.2, 0) is 11.8 Å². The zero-order valence-corrected chi connectivity index (χ0v) is 22.5. The van der Waals surface area contributed by atoms with Gasteiger partial charge in [0, 0.05) is 47.9 Å². The van der Waals surface area contributed by atoms with Gasteiger partial charge in [0.1, 0.15) is 27.8 Å². The van der Waals surface area contributed by atoms with Crippen molar-refractivity contribution in [3.05, 3.63) is 60.0 Å². The van der Waals surface area contributed by atoms with Crippen molar-refractivity contribution in [1.29, 1.82) is 0 Å². The van der Waals surface area contributed by atoms with Crippen molar-refractivity contribution < 1.29 is 14.2 Å². The highest BCUT2D eigenvalue weighted by Crippen LogP contribution is 2.49. The van der Waals surface area contributed by atoms with Gasteiger partial charge in [-0.25, -0.2) is 15.0 Å². The Morgan fingerprint density at radius 3 is 2.43 bits per heavy atom. The van der Waals surface area contributed by atoms with E-state index >= 15 is 0 Å². The van der Waals surface area contributed by atoms with Gasteiger partial charge in [0.05, 0.1) is 32.5 Å². The summed E-state index contributed by atoms with van der Waals surface area (Å²) in [6, 6.07) is 13.6. The SMILES string of the molecule is COCCNc1nc(-c2cn(C)cn2)nc2sc(-c3cc(OC)ccc3Cl)c(-c3ccc(OC)cc3)c12. The predicted molar refractivity (Wildman–Crippen MR) is 149 cm³/mol. The van der Waals surface area contributed by atoms with Crippen LogP contribution in [0.5, 0.6) is 11.5 Å². The first kappa shape index (κ1) is 25.0. The topological polar surface area (TPSA) is 83.3 Å². The minimum absolute atomic E-state index is 0.529. The van der Waals surface area contributed by atoms with Crippen molar-refractivity contribution in [3.63, 3.8) is 0 Å². The molecule has 0 bridgehead atoms. The number of fused-ring (bicyclic) bond motifs is 1. The Labute approximate surface area is 223 Å². The molecule has 1 N–H and O–H groups in total. The molecule has 0 aliphatic carbocycles. The smallest absolute Gasteiger partial charge is 0.183 e. The fraction of sp³-hybridized carbons (Fsp3) is 0.222. The molecule has 0 atom stereocenters. The third-order valence-electron chi connectivity index (χ3n) is 5.88. The summed E-state index contributed by atoms with van der Waals surface area (Å²) in [7, 11) is 6.89. The number of rotatable bonds is 9. The standard InChI is InChI=1S/C27H26ClN5O3S/c1-33-14-21(30-15-33)25-31-26(29-11-12-34-2)23-22(16-5-7-17(35-3)8-6-16)24(37-27(23)32-25)19-13-18(36-4)9-10-20(19)28/h5-10,13-15H,11-12H2,1-4H3,(H,29,31,32). The van der Waals surface area contributed by atoms with E-state index in [2.05, 4.69) is 10.3 Å². The van der Waals surface area contributed by atoms with Crippen LogP contribution in [0.25, 0.3) is 43.3 Å². The lowest BCUT2D eigenvalue weighted by atomic mass is 9.99. The van der Waals surface area contributed by atoms with Crippen molar-refractivity contribution in [2.24, 2.45) is 7.05 Å². The van der Waals surface area contributed by atoms with Crippen LogP contribution in [0.2, 0.25) is 5.02 Å². The van der Waals surface area contributed by atoms with Crippen LogP contribution in [0.3, 0.4) is 0 Å². The Bertz CT molecular complexity index is 1550. The zero-order valence-electron chi connectivity index (χ0n) is 20.9. The van der Waals surface area contributed by atoms with Crippen molar-refractivity contribution in [1.82, 2.24) is 19.5 Å². The Balaban J connectivity index is 1.82. The van der Waals surface area contributed by atoms with Crippen LogP contribution in [-0.4, -0.2) is 54.0 Å². The summed E-state index contributed by atoms with van der Waals surface area (Å²) in [6.45, 7) is 1.11. The maximum Gasteiger partial charge on any atom is 0.183 e. The van der Waals surface area contributed by atoms with Crippen LogP contribution in [0.1, 0.15) is 0 Å². The molecule has 0 unspecified atom stereocenters. The quantitative estimate of drug-likeness (QED) is 0.226. The molecule has 0 saturated carbocycles. The number of aromatic nitrogens is 4. The Hall–Kier alpha value is -3.66. The van der Waals surface area contributed by atoms with E-state index in [1.54, 1.807) is 39.0 Å². The van der Waals surface area contributed by atoms with Crippen LogP contribution in [0.15, 0.2) is 55.0 Å². The van der Waals surface area contributed by atoms with Crippen molar-refractivity contribution in [2.75, 3.05) is 39.8 Å². The van der Waals surface area contributed by atoms with Gasteiger partial charge in [-0.15, -0.1) is 11.3 Å². The van der Waals surface area contributed by atoms with Crippen LogP contribution >= 0.6 is 22.9 Å². The molecule has 0 aliphatic rings. The largest absolute Gasteiger partial charge is 0.497 e. The summed E-state index contributed by atoms with van der Waals surface area (Å²) in [5.41, 5.74) is 3.52. The minimum Gasteiger partial charge on any atom is -0.497 e. The monoisotopic (exact) mass is 535 g/mol. The number of anilines is 1. The molecule has 0 spiro atoms. The van der Waals surface area contributed by atoms with E-state index in [9.17, 15) is 0 Å². The van der Waals surface area contributed by atoms with Gasteiger partial charge in [-0.05, 0) is 35.9 Å². The molecule has 0 fully saturated rings. The molecule has 190 valence electrons. The Kier molecular flexibility index (Phi) is 7.27.